The van der Waals surface area contributed by atoms with Gasteiger partial charge in [0.1, 0.15) is 0 Å². The molecule has 0 heterocycles. The van der Waals surface area contributed by atoms with Crippen molar-refractivity contribution in [1.82, 2.24) is 0 Å². The first-order valence-corrected chi connectivity index (χ1v) is 5.18. The zero-order valence-corrected chi connectivity index (χ0v) is 9.70. The second-order valence-electron chi connectivity index (χ2n) is 3.58. The third-order valence-electron chi connectivity index (χ3n) is 2.30. The van der Waals surface area contributed by atoms with Crippen molar-refractivity contribution in [3.8, 4) is 6.07 Å². The van der Waals surface area contributed by atoms with Gasteiger partial charge in [-0.2, -0.15) is 5.26 Å². The summed E-state index contributed by atoms with van der Waals surface area (Å²) in [5.74, 6) is 0. The third-order valence-corrected chi connectivity index (χ3v) is 2.30. The van der Waals surface area contributed by atoms with Crippen LogP contribution in [0.5, 0.6) is 0 Å². The van der Waals surface area contributed by atoms with E-state index in [9.17, 15) is 0 Å². The summed E-state index contributed by atoms with van der Waals surface area (Å²) in [6.07, 6.45) is 5.66. The zero-order chi connectivity index (χ0) is 12.0. The number of hydrogen-bond donors (Lipinski definition) is 0. The summed E-state index contributed by atoms with van der Waals surface area (Å²) in [6.45, 7) is 7.65. The molecule has 0 bridgehead atoms. The molecule has 1 aromatic carbocycles. The second kappa shape index (κ2) is 5.72. The highest BCUT2D eigenvalue weighted by molar-refractivity contribution is 5.74. The maximum Gasteiger partial charge on any atom is 0.0985 e. The van der Waals surface area contributed by atoms with Crippen molar-refractivity contribution >= 4 is 5.57 Å². The van der Waals surface area contributed by atoms with E-state index in [0.29, 0.717) is 5.57 Å². The van der Waals surface area contributed by atoms with E-state index in [4.69, 9.17) is 5.26 Å². The molecule has 16 heavy (non-hydrogen) atoms. The molecule has 1 aromatic rings. The molecule has 0 amide bonds. The summed E-state index contributed by atoms with van der Waals surface area (Å²) >= 11 is 0. The van der Waals surface area contributed by atoms with Crippen LogP contribution in [-0.2, 0) is 0 Å². The predicted molar refractivity (Wildman–Crippen MR) is 68.7 cm³/mol. The number of rotatable bonds is 3. The number of hydrogen-bond acceptors (Lipinski definition) is 1. The van der Waals surface area contributed by atoms with Crippen LogP contribution in [0.25, 0.3) is 5.57 Å². The molecule has 0 spiro atoms. The van der Waals surface area contributed by atoms with Crippen LogP contribution in [0.2, 0.25) is 0 Å². The fraction of sp³-hybridized carbons (Fsp3) is 0.133. The van der Waals surface area contributed by atoms with E-state index in [0.717, 1.165) is 11.1 Å². The number of aryl methyl sites for hydroxylation is 1. The Kier molecular flexibility index (Phi) is 4.29. The van der Waals surface area contributed by atoms with Crippen LogP contribution in [0.3, 0.4) is 0 Å². The molecule has 0 radical (unpaired) electrons. The number of nitrogens with zero attached hydrogens (tertiary/aromatic N) is 1. The minimum Gasteiger partial charge on any atom is -0.192 e. The van der Waals surface area contributed by atoms with Crippen LogP contribution in [0.1, 0.15) is 18.1 Å². The number of allylic oxidation sites excluding steroid dienone is 5. The Balaban J connectivity index is 2.93. The van der Waals surface area contributed by atoms with Crippen LogP contribution in [0, 0.1) is 18.3 Å². The average Bonchev–Trinajstić information content (AvgIpc) is 2.31. The molecule has 0 N–H and O–H groups in total. The minimum atomic E-state index is 0.464. The Morgan fingerprint density at radius 3 is 2.38 bits per heavy atom. The molecule has 0 saturated heterocycles. The van der Waals surface area contributed by atoms with Crippen LogP contribution >= 0.6 is 0 Å². The maximum atomic E-state index is 8.61. The molecule has 1 rings (SSSR count). The van der Waals surface area contributed by atoms with Crippen molar-refractivity contribution in [2.24, 2.45) is 0 Å². The highest BCUT2D eigenvalue weighted by Gasteiger charge is 1.96. The molecule has 0 saturated carbocycles. The number of nitriles is 1. The second-order valence-corrected chi connectivity index (χ2v) is 3.58. The van der Waals surface area contributed by atoms with Gasteiger partial charge in [-0.1, -0.05) is 48.6 Å². The van der Waals surface area contributed by atoms with Crippen LogP contribution in [-0.4, -0.2) is 0 Å². The highest BCUT2D eigenvalue weighted by atomic mass is 14.2. The lowest BCUT2D eigenvalue weighted by molar-refractivity contribution is 1.45. The van der Waals surface area contributed by atoms with E-state index >= 15 is 0 Å². The molecule has 0 aliphatic carbocycles. The van der Waals surface area contributed by atoms with Crippen LogP contribution < -0.4 is 0 Å². The van der Waals surface area contributed by atoms with Gasteiger partial charge in [-0.25, -0.2) is 0 Å². The summed E-state index contributed by atoms with van der Waals surface area (Å²) in [5.41, 5.74) is 3.95. The topological polar surface area (TPSA) is 23.8 Å². The van der Waals surface area contributed by atoms with E-state index in [1.165, 1.54) is 5.56 Å². The Hall–Kier alpha value is -2.07. The van der Waals surface area contributed by atoms with Gasteiger partial charge in [-0.3, -0.25) is 0 Å². The molecule has 0 unspecified atom stereocenters. The van der Waals surface area contributed by atoms with Crippen LogP contribution in [0.15, 0.2) is 54.6 Å². The Labute approximate surface area is 97.0 Å². The SMILES string of the molecule is C=C(C#N)/C=C\C(=C/C)c1ccc(C)cc1. The van der Waals surface area contributed by atoms with Crippen molar-refractivity contribution in [3.63, 3.8) is 0 Å². The zero-order valence-electron chi connectivity index (χ0n) is 9.70. The van der Waals surface area contributed by atoms with Gasteiger partial charge in [0.25, 0.3) is 0 Å². The quantitative estimate of drug-likeness (QED) is 0.544. The van der Waals surface area contributed by atoms with Crippen molar-refractivity contribution in [2.75, 3.05) is 0 Å². The van der Waals surface area contributed by atoms with Gasteiger partial charge in [0, 0.05) is 5.57 Å². The van der Waals surface area contributed by atoms with E-state index < -0.39 is 0 Å². The van der Waals surface area contributed by atoms with Gasteiger partial charge in [0.15, 0.2) is 0 Å². The Bertz CT molecular complexity index is 467. The molecule has 0 aliphatic rings. The average molecular weight is 209 g/mol. The highest BCUT2D eigenvalue weighted by Crippen LogP contribution is 2.17. The lowest BCUT2D eigenvalue weighted by atomic mass is 10.0. The molecule has 0 atom stereocenters. The maximum absolute atomic E-state index is 8.61. The molecule has 1 heteroatoms. The normalized spacial score (nSPS) is 11.4. The Morgan fingerprint density at radius 2 is 1.88 bits per heavy atom. The van der Waals surface area contributed by atoms with E-state index in [1.807, 2.05) is 25.1 Å². The Morgan fingerprint density at radius 1 is 1.25 bits per heavy atom. The van der Waals surface area contributed by atoms with Gasteiger partial charge in [-0.05, 0) is 31.1 Å². The molecular weight excluding hydrogens is 194 g/mol. The van der Waals surface area contributed by atoms with Crippen molar-refractivity contribution in [3.05, 3.63) is 65.8 Å². The lowest BCUT2D eigenvalue weighted by Crippen LogP contribution is -1.81. The fourth-order valence-corrected chi connectivity index (χ4v) is 1.33. The van der Waals surface area contributed by atoms with Gasteiger partial charge in [0.05, 0.1) is 6.07 Å². The van der Waals surface area contributed by atoms with Crippen molar-refractivity contribution < 1.29 is 0 Å². The molecule has 0 aromatic heterocycles. The first-order chi connectivity index (χ1) is 7.67. The monoisotopic (exact) mass is 209 g/mol. The summed E-state index contributed by atoms with van der Waals surface area (Å²) in [5, 5.41) is 8.61. The van der Waals surface area contributed by atoms with E-state index in [2.05, 4.69) is 37.8 Å². The molecule has 0 fully saturated rings. The fourth-order valence-electron chi connectivity index (χ4n) is 1.33. The molecular formula is C15H15N. The van der Waals surface area contributed by atoms with Crippen molar-refractivity contribution in [2.45, 2.75) is 13.8 Å². The van der Waals surface area contributed by atoms with Gasteiger partial charge in [0.2, 0.25) is 0 Å². The molecule has 1 nitrogen and oxygen atoms in total. The smallest absolute Gasteiger partial charge is 0.0985 e. The standard InChI is InChI=1S/C15H15N/c1-4-14(8-7-13(3)11-16)15-9-5-12(2)6-10-15/h4-10H,3H2,1-2H3/b8-7-,14-4+. The van der Waals surface area contributed by atoms with E-state index in [1.54, 1.807) is 6.08 Å². The largest absolute Gasteiger partial charge is 0.192 e. The van der Waals surface area contributed by atoms with Gasteiger partial charge < -0.3 is 0 Å². The van der Waals surface area contributed by atoms with E-state index in [-0.39, 0.29) is 0 Å². The first-order valence-electron chi connectivity index (χ1n) is 5.18. The van der Waals surface area contributed by atoms with Crippen molar-refractivity contribution in [1.29, 1.82) is 5.26 Å². The van der Waals surface area contributed by atoms with Gasteiger partial charge in [-0.15, -0.1) is 0 Å². The third kappa shape index (κ3) is 3.25. The van der Waals surface area contributed by atoms with Gasteiger partial charge >= 0.3 is 0 Å². The predicted octanol–water partition coefficient (Wildman–Crippen LogP) is 4.03. The molecule has 80 valence electrons. The molecule has 0 aliphatic heterocycles. The summed E-state index contributed by atoms with van der Waals surface area (Å²) in [4.78, 5) is 0. The summed E-state index contributed by atoms with van der Waals surface area (Å²) in [7, 11) is 0. The minimum absolute atomic E-state index is 0.464. The van der Waals surface area contributed by atoms with Crippen LogP contribution in [0.4, 0.5) is 0 Å². The lowest BCUT2D eigenvalue weighted by Gasteiger charge is -2.02. The first kappa shape index (κ1) is 12.0. The summed E-state index contributed by atoms with van der Waals surface area (Å²) < 4.78 is 0. The number of benzene rings is 1. The summed E-state index contributed by atoms with van der Waals surface area (Å²) in [6, 6.07) is 10.3.